The lowest BCUT2D eigenvalue weighted by molar-refractivity contribution is -0.139. The lowest BCUT2D eigenvalue weighted by Gasteiger charge is -2.10. The molecule has 0 spiro atoms. The fraction of sp³-hybridized carbons (Fsp3) is 0.273. The van der Waals surface area contributed by atoms with Crippen LogP contribution in [0.3, 0.4) is 0 Å². The van der Waals surface area contributed by atoms with Gasteiger partial charge >= 0.3 is 5.97 Å². The van der Waals surface area contributed by atoms with Crippen molar-refractivity contribution >= 4 is 34.5 Å². The SMILES string of the molecule is COC(=O)Cc1c(S)ccc(C#N)c1CBr. The van der Waals surface area contributed by atoms with Gasteiger partial charge in [0.1, 0.15) is 0 Å². The van der Waals surface area contributed by atoms with E-state index in [9.17, 15) is 4.79 Å². The Hall–Kier alpha value is -0.990. The number of benzene rings is 1. The van der Waals surface area contributed by atoms with E-state index >= 15 is 0 Å². The first-order chi connectivity index (χ1) is 7.63. The summed E-state index contributed by atoms with van der Waals surface area (Å²) in [5, 5.41) is 9.45. The van der Waals surface area contributed by atoms with Crippen molar-refractivity contribution < 1.29 is 9.53 Å². The van der Waals surface area contributed by atoms with Gasteiger partial charge in [-0.1, -0.05) is 15.9 Å². The fourth-order valence-corrected chi connectivity index (χ4v) is 2.28. The van der Waals surface area contributed by atoms with Crippen LogP contribution in [0, 0.1) is 11.3 Å². The Bertz CT molecular complexity index is 454. The molecule has 1 aromatic rings. The second kappa shape index (κ2) is 5.92. The number of carbonyl (C=O) groups excluding carboxylic acids is 1. The monoisotopic (exact) mass is 299 g/mol. The average molecular weight is 300 g/mol. The minimum atomic E-state index is -0.340. The van der Waals surface area contributed by atoms with Crippen LogP contribution in [0.5, 0.6) is 0 Å². The Balaban J connectivity index is 3.24. The fourth-order valence-electron chi connectivity index (χ4n) is 1.35. The smallest absolute Gasteiger partial charge is 0.310 e. The summed E-state index contributed by atoms with van der Waals surface area (Å²) in [5.74, 6) is -0.340. The molecular formula is C11H10BrNO2S. The van der Waals surface area contributed by atoms with E-state index in [-0.39, 0.29) is 12.4 Å². The van der Waals surface area contributed by atoms with Crippen molar-refractivity contribution in [2.45, 2.75) is 16.6 Å². The number of rotatable bonds is 3. The van der Waals surface area contributed by atoms with Crippen LogP contribution in [-0.4, -0.2) is 13.1 Å². The molecule has 0 aromatic heterocycles. The van der Waals surface area contributed by atoms with Gasteiger partial charge in [-0.15, -0.1) is 12.6 Å². The maximum absolute atomic E-state index is 11.2. The van der Waals surface area contributed by atoms with Gasteiger partial charge in [0.2, 0.25) is 0 Å². The summed E-state index contributed by atoms with van der Waals surface area (Å²) >= 11 is 7.59. The lowest BCUT2D eigenvalue weighted by Crippen LogP contribution is -2.08. The number of methoxy groups -OCH3 is 1. The Morgan fingerprint density at radius 2 is 2.25 bits per heavy atom. The highest BCUT2D eigenvalue weighted by Crippen LogP contribution is 2.25. The molecule has 0 aliphatic heterocycles. The predicted octanol–water partition coefficient (Wildman–Crippen LogP) is 2.46. The Morgan fingerprint density at radius 1 is 1.56 bits per heavy atom. The van der Waals surface area contributed by atoms with Gasteiger partial charge in [0, 0.05) is 10.2 Å². The molecule has 0 heterocycles. The zero-order valence-electron chi connectivity index (χ0n) is 8.66. The first-order valence-corrected chi connectivity index (χ1v) is 6.07. The van der Waals surface area contributed by atoms with E-state index in [4.69, 9.17) is 5.26 Å². The normalized spacial score (nSPS) is 9.62. The molecule has 0 amide bonds. The third kappa shape index (κ3) is 2.77. The van der Waals surface area contributed by atoms with E-state index in [1.807, 2.05) is 0 Å². The maximum Gasteiger partial charge on any atom is 0.310 e. The molecule has 84 valence electrons. The van der Waals surface area contributed by atoms with E-state index in [0.717, 1.165) is 11.1 Å². The van der Waals surface area contributed by atoms with Crippen LogP contribution >= 0.6 is 28.6 Å². The summed E-state index contributed by atoms with van der Waals surface area (Å²) in [4.78, 5) is 11.9. The number of halogens is 1. The Labute approximate surface area is 108 Å². The molecule has 0 atom stereocenters. The van der Waals surface area contributed by atoms with Crippen molar-refractivity contribution in [2.75, 3.05) is 7.11 Å². The van der Waals surface area contributed by atoms with Crippen molar-refractivity contribution in [2.24, 2.45) is 0 Å². The maximum atomic E-state index is 11.2. The lowest BCUT2D eigenvalue weighted by atomic mass is 10.0. The van der Waals surface area contributed by atoms with Crippen molar-refractivity contribution in [1.29, 1.82) is 5.26 Å². The van der Waals surface area contributed by atoms with Gasteiger partial charge in [-0.3, -0.25) is 4.79 Å². The standard InChI is InChI=1S/C11H10BrNO2S/c1-15-11(14)4-8-9(5-12)7(6-13)2-3-10(8)16/h2-3,16H,4-5H2,1H3. The zero-order chi connectivity index (χ0) is 12.1. The number of thiol groups is 1. The van der Waals surface area contributed by atoms with Crippen molar-refractivity contribution in [3.8, 4) is 6.07 Å². The zero-order valence-corrected chi connectivity index (χ0v) is 11.1. The van der Waals surface area contributed by atoms with Crippen molar-refractivity contribution in [1.82, 2.24) is 0 Å². The third-order valence-electron chi connectivity index (χ3n) is 2.21. The molecule has 0 aliphatic rings. The minimum Gasteiger partial charge on any atom is -0.469 e. The summed E-state index contributed by atoms with van der Waals surface area (Å²) in [6, 6.07) is 5.50. The topological polar surface area (TPSA) is 50.1 Å². The van der Waals surface area contributed by atoms with Crippen LogP contribution in [-0.2, 0) is 21.3 Å². The molecule has 0 saturated heterocycles. The highest BCUT2D eigenvalue weighted by Gasteiger charge is 2.14. The molecule has 0 fully saturated rings. The van der Waals surface area contributed by atoms with Crippen LogP contribution in [0.1, 0.15) is 16.7 Å². The number of ether oxygens (including phenoxy) is 1. The molecule has 0 bridgehead atoms. The van der Waals surface area contributed by atoms with Gasteiger partial charge in [0.05, 0.1) is 25.2 Å². The molecule has 16 heavy (non-hydrogen) atoms. The van der Waals surface area contributed by atoms with E-state index < -0.39 is 0 Å². The number of carbonyl (C=O) groups is 1. The van der Waals surface area contributed by atoms with Gasteiger partial charge in [-0.05, 0) is 23.3 Å². The van der Waals surface area contributed by atoms with Crippen LogP contribution < -0.4 is 0 Å². The number of alkyl halides is 1. The van der Waals surface area contributed by atoms with E-state index in [1.54, 1.807) is 12.1 Å². The molecule has 0 N–H and O–H groups in total. The van der Waals surface area contributed by atoms with Crippen LogP contribution in [0.2, 0.25) is 0 Å². The Morgan fingerprint density at radius 3 is 2.75 bits per heavy atom. The van der Waals surface area contributed by atoms with Crippen LogP contribution in [0.25, 0.3) is 0 Å². The molecule has 1 aromatic carbocycles. The van der Waals surface area contributed by atoms with Gasteiger partial charge in [-0.25, -0.2) is 0 Å². The first kappa shape index (κ1) is 13.1. The molecule has 0 aliphatic carbocycles. The number of nitrogens with zero attached hydrogens (tertiary/aromatic N) is 1. The van der Waals surface area contributed by atoms with Crippen LogP contribution in [0.4, 0.5) is 0 Å². The highest BCUT2D eigenvalue weighted by molar-refractivity contribution is 9.08. The van der Waals surface area contributed by atoms with E-state index in [1.165, 1.54) is 7.11 Å². The first-order valence-electron chi connectivity index (χ1n) is 4.50. The molecule has 0 saturated carbocycles. The summed E-state index contributed by atoms with van der Waals surface area (Å²) in [6.07, 6.45) is 0.131. The second-order valence-electron chi connectivity index (χ2n) is 3.09. The van der Waals surface area contributed by atoms with E-state index in [0.29, 0.717) is 15.8 Å². The molecule has 1 rings (SSSR count). The van der Waals surface area contributed by atoms with E-state index in [2.05, 4.69) is 39.4 Å². The summed E-state index contributed by atoms with van der Waals surface area (Å²) in [6.45, 7) is 0. The van der Waals surface area contributed by atoms with Crippen LogP contribution in [0.15, 0.2) is 17.0 Å². The third-order valence-corrected chi connectivity index (χ3v) is 3.19. The molecule has 5 heteroatoms. The molecule has 0 radical (unpaired) electrons. The molecular weight excluding hydrogens is 290 g/mol. The molecule has 3 nitrogen and oxygen atoms in total. The Kier molecular flexibility index (Phi) is 4.84. The number of hydrogen-bond donors (Lipinski definition) is 1. The van der Waals surface area contributed by atoms with Crippen molar-refractivity contribution in [3.63, 3.8) is 0 Å². The minimum absolute atomic E-state index is 0.131. The number of esters is 1. The predicted molar refractivity (Wildman–Crippen MR) is 66.8 cm³/mol. The molecule has 0 unspecified atom stereocenters. The van der Waals surface area contributed by atoms with Crippen molar-refractivity contribution in [3.05, 3.63) is 28.8 Å². The van der Waals surface area contributed by atoms with Gasteiger partial charge in [0.15, 0.2) is 0 Å². The van der Waals surface area contributed by atoms with Gasteiger partial charge < -0.3 is 4.74 Å². The second-order valence-corrected chi connectivity index (χ2v) is 4.13. The summed E-state index contributed by atoms with van der Waals surface area (Å²) < 4.78 is 4.61. The van der Waals surface area contributed by atoms with Gasteiger partial charge in [-0.2, -0.15) is 5.26 Å². The number of hydrogen-bond acceptors (Lipinski definition) is 4. The van der Waals surface area contributed by atoms with Gasteiger partial charge in [0.25, 0.3) is 0 Å². The number of nitriles is 1. The quantitative estimate of drug-likeness (QED) is 0.530. The summed E-state index contributed by atoms with van der Waals surface area (Å²) in [7, 11) is 1.34. The average Bonchev–Trinajstić information content (AvgIpc) is 2.31. The summed E-state index contributed by atoms with van der Waals surface area (Å²) in [5.41, 5.74) is 2.08. The highest BCUT2D eigenvalue weighted by atomic mass is 79.9. The largest absolute Gasteiger partial charge is 0.469 e.